The van der Waals surface area contributed by atoms with Crippen molar-refractivity contribution >= 4 is 11.9 Å². The summed E-state index contributed by atoms with van der Waals surface area (Å²) in [4.78, 5) is 25.0. The van der Waals surface area contributed by atoms with Crippen LogP contribution in [0.25, 0.3) is 0 Å². The molecule has 50 heavy (non-hydrogen) atoms. The van der Waals surface area contributed by atoms with Gasteiger partial charge < -0.3 is 39.4 Å². The van der Waals surface area contributed by atoms with Crippen LogP contribution in [0.2, 0.25) is 0 Å². The minimum absolute atomic E-state index is 0.215. The highest BCUT2D eigenvalue weighted by atomic mass is 16.7. The number of aliphatic hydroxyl groups excluding tert-OH is 4. The van der Waals surface area contributed by atoms with Crippen LogP contribution in [-0.4, -0.2) is 89.0 Å². The first-order valence-corrected chi connectivity index (χ1v) is 20.3. The number of rotatable bonds is 33. The molecule has 1 fully saturated rings. The van der Waals surface area contributed by atoms with E-state index in [1.165, 1.54) is 89.9 Å². The Balaban J connectivity index is 2.28. The number of carbonyl (C=O) groups excluding carboxylic acids is 2. The predicted octanol–water partition coefficient (Wildman–Crippen LogP) is 7.61. The number of carbonyl (C=O) groups is 2. The van der Waals surface area contributed by atoms with Crippen molar-refractivity contribution in [2.45, 2.75) is 211 Å². The van der Waals surface area contributed by atoms with Gasteiger partial charge in [0.1, 0.15) is 31.0 Å². The Bertz CT molecular complexity index is 835. The minimum atomic E-state index is -1.59. The molecule has 10 heteroatoms. The van der Waals surface area contributed by atoms with E-state index in [0.717, 1.165) is 51.4 Å². The van der Waals surface area contributed by atoms with Crippen molar-refractivity contribution in [3.05, 3.63) is 12.2 Å². The molecule has 6 unspecified atom stereocenters. The van der Waals surface area contributed by atoms with Crippen LogP contribution < -0.4 is 0 Å². The lowest BCUT2D eigenvalue weighted by Gasteiger charge is -2.39. The van der Waals surface area contributed by atoms with Gasteiger partial charge in [0.15, 0.2) is 12.4 Å². The van der Waals surface area contributed by atoms with Crippen LogP contribution in [0.15, 0.2) is 12.2 Å². The van der Waals surface area contributed by atoms with Gasteiger partial charge in [-0.2, -0.15) is 0 Å². The minimum Gasteiger partial charge on any atom is -0.462 e. The van der Waals surface area contributed by atoms with Crippen LogP contribution in [0.5, 0.6) is 0 Å². The van der Waals surface area contributed by atoms with E-state index in [-0.39, 0.29) is 32.0 Å². The van der Waals surface area contributed by atoms with Gasteiger partial charge in [-0.1, -0.05) is 135 Å². The summed E-state index contributed by atoms with van der Waals surface area (Å²) in [5.41, 5.74) is 0. The van der Waals surface area contributed by atoms with Crippen molar-refractivity contribution < 1.29 is 49.0 Å². The molecule has 1 rings (SSSR count). The van der Waals surface area contributed by atoms with E-state index in [2.05, 4.69) is 26.0 Å². The smallest absolute Gasteiger partial charge is 0.306 e. The fourth-order valence-corrected chi connectivity index (χ4v) is 6.12. The summed E-state index contributed by atoms with van der Waals surface area (Å²) >= 11 is 0. The van der Waals surface area contributed by atoms with E-state index >= 15 is 0 Å². The molecule has 0 aliphatic carbocycles. The lowest BCUT2D eigenvalue weighted by molar-refractivity contribution is -0.305. The summed E-state index contributed by atoms with van der Waals surface area (Å²) in [6.07, 6.45) is 24.0. The molecular weight excluding hydrogens is 640 g/mol. The zero-order valence-electron chi connectivity index (χ0n) is 31.7. The van der Waals surface area contributed by atoms with Gasteiger partial charge in [0.25, 0.3) is 0 Å². The molecule has 0 radical (unpaired) electrons. The molecule has 0 aromatic rings. The molecule has 0 aromatic heterocycles. The lowest BCUT2D eigenvalue weighted by atomic mass is 9.99. The van der Waals surface area contributed by atoms with Crippen molar-refractivity contribution in [2.75, 3.05) is 19.8 Å². The molecule has 6 atom stereocenters. The first-order chi connectivity index (χ1) is 24.3. The molecule has 1 aliphatic rings. The maximum atomic E-state index is 12.7. The number of esters is 2. The van der Waals surface area contributed by atoms with E-state index in [1.807, 2.05) is 0 Å². The molecule has 0 bridgehead atoms. The van der Waals surface area contributed by atoms with Gasteiger partial charge >= 0.3 is 11.9 Å². The number of allylic oxidation sites excluding steroid dienone is 2. The van der Waals surface area contributed by atoms with Crippen molar-refractivity contribution in [1.82, 2.24) is 0 Å². The van der Waals surface area contributed by atoms with Gasteiger partial charge in [-0.15, -0.1) is 0 Å². The topological polar surface area (TPSA) is 152 Å². The molecule has 0 saturated carbocycles. The second-order valence-corrected chi connectivity index (χ2v) is 14.1. The van der Waals surface area contributed by atoms with Crippen molar-refractivity contribution in [1.29, 1.82) is 0 Å². The van der Waals surface area contributed by atoms with Crippen molar-refractivity contribution in [3.63, 3.8) is 0 Å². The lowest BCUT2D eigenvalue weighted by Crippen LogP contribution is -2.59. The Morgan fingerprint density at radius 1 is 0.600 bits per heavy atom. The molecular formula is C40H74O10. The Labute approximate surface area is 303 Å². The van der Waals surface area contributed by atoms with E-state index in [0.29, 0.717) is 6.42 Å². The molecule has 0 aromatic carbocycles. The van der Waals surface area contributed by atoms with Gasteiger partial charge in [-0.25, -0.2) is 0 Å². The zero-order valence-corrected chi connectivity index (χ0v) is 31.7. The molecule has 1 saturated heterocycles. The summed E-state index contributed by atoms with van der Waals surface area (Å²) in [6.45, 7) is 3.34. The van der Waals surface area contributed by atoms with Gasteiger partial charge in [0.2, 0.25) is 0 Å². The van der Waals surface area contributed by atoms with Crippen LogP contribution in [0.3, 0.4) is 0 Å². The summed E-state index contributed by atoms with van der Waals surface area (Å²) in [7, 11) is 0. The predicted molar refractivity (Wildman–Crippen MR) is 196 cm³/mol. The summed E-state index contributed by atoms with van der Waals surface area (Å²) < 4.78 is 22.0. The van der Waals surface area contributed by atoms with E-state index in [1.54, 1.807) is 0 Å². The SMILES string of the molecule is CCCCCCCC/C=C\CCCCCCCCCCCC(=O)OC(COC(=O)CCCCCCCC)COC1OC(CO)C(O)C(O)C1O. The largest absolute Gasteiger partial charge is 0.462 e. The van der Waals surface area contributed by atoms with Crippen LogP contribution >= 0.6 is 0 Å². The monoisotopic (exact) mass is 715 g/mol. The van der Waals surface area contributed by atoms with E-state index < -0.39 is 49.4 Å². The Hall–Kier alpha value is -1.56. The van der Waals surface area contributed by atoms with Crippen LogP contribution in [0.4, 0.5) is 0 Å². The fourth-order valence-electron chi connectivity index (χ4n) is 6.12. The number of aliphatic hydroxyl groups is 4. The van der Waals surface area contributed by atoms with E-state index in [4.69, 9.17) is 18.9 Å². The Kier molecular flexibility index (Phi) is 29.8. The average Bonchev–Trinajstić information content (AvgIpc) is 3.11. The molecule has 1 heterocycles. The summed E-state index contributed by atoms with van der Waals surface area (Å²) in [5.74, 6) is -0.814. The van der Waals surface area contributed by atoms with Gasteiger partial charge in [-0.05, 0) is 38.5 Å². The third kappa shape index (κ3) is 23.8. The van der Waals surface area contributed by atoms with Crippen molar-refractivity contribution in [3.8, 4) is 0 Å². The molecule has 294 valence electrons. The van der Waals surface area contributed by atoms with Crippen molar-refractivity contribution in [2.24, 2.45) is 0 Å². The van der Waals surface area contributed by atoms with Gasteiger partial charge in [-0.3, -0.25) is 9.59 Å². The van der Waals surface area contributed by atoms with Crippen LogP contribution in [-0.2, 0) is 28.5 Å². The third-order valence-electron chi connectivity index (χ3n) is 9.40. The number of hydrogen-bond acceptors (Lipinski definition) is 10. The maximum Gasteiger partial charge on any atom is 0.306 e. The standard InChI is InChI=1S/C40H74O10/c1-3-5-7-9-11-12-13-14-15-16-17-18-19-20-21-22-23-25-27-29-36(43)49-33(31-47-35(42)28-26-24-10-8-6-4-2)32-48-40-39(46)38(45)37(44)34(30-41)50-40/h14-15,33-34,37-41,44-46H,3-13,16-32H2,1-2H3/b15-14-. The Morgan fingerprint density at radius 2 is 1.06 bits per heavy atom. The van der Waals surface area contributed by atoms with Crippen LogP contribution in [0, 0.1) is 0 Å². The first-order valence-electron chi connectivity index (χ1n) is 20.3. The quantitative estimate of drug-likeness (QED) is 0.0304. The molecule has 0 spiro atoms. The van der Waals surface area contributed by atoms with Gasteiger partial charge in [0, 0.05) is 12.8 Å². The fraction of sp³-hybridized carbons (Fsp3) is 0.900. The average molecular weight is 715 g/mol. The second-order valence-electron chi connectivity index (χ2n) is 14.1. The highest BCUT2D eigenvalue weighted by molar-refractivity contribution is 5.70. The first kappa shape index (κ1) is 46.5. The second kappa shape index (κ2) is 32.1. The third-order valence-corrected chi connectivity index (χ3v) is 9.40. The summed E-state index contributed by atoms with van der Waals surface area (Å²) in [6, 6.07) is 0. The number of unbranched alkanes of at least 4 members (excludes halogenated alkanes) is 20. The molecule has 0 amide bonds. The maximum absolute atomic E-state index is 12.7. The van der Waals surface area contributed by atoms with Gasteiger partial charge in [0.05, 0.1) is 13.2 Å². The highest BCUT2D eigenvalue weighted by Gasteiger charge is 2.44. The molecule has 1 aliphatic heterocycles. The highest BCUT2D eigenvalue weighted by Crippen LogP contribution is 2.22. The zero-order chi connectivity index (χ0) is 36.7. The van der Waals surface area contributed by atoms with E-state index in [9.17, 15) is 30.0 Å². The number of hydrogen-bond donors (Lipinski definition) is 4. The molecule has 4 N–H and O–H groups in total. The Morgan fingerprint density at radius 3 is 1.56 bits per heavy atom. The number of ether oxygens (including phenoxy) is 4. The molecule has 10 nitrogen and oxygen atoms in total. The summed E-state index contributed by atoms with van der Waals surface area (Å²) in [5, 5.41) is 39.8. The van der Waals surface area contributed by atoms with Crippen LogP contribution in [0.1, 0.15) is 174 Å². The normalized spacial score (nSPS) is 21.4.